The van der Waals surface area contributed by atoms with Crippen molar-refractivity contribution >= 4 is 16.7 Å². The zero-order valence-electron chi connectivity index (χ0n) is 13.6. The van der Waals surface area contributed by atoms with E-state index in [0.717, 1.165) is 38.0 Å². The molecule has 1 atom stereocenters. The third kappa shape index (κ3) is 2.86. The monoisotopic (exact) mass is 308 g/mol. The number of carbonyl (C=O) groups excluding carboxylic acids is 1. The minimum Gasteiger partial charge on any atom is -0.339 e. The van der Waals surface area contributed by atoms with E-state index in [2.05, 4.69) is 35.6 Å². The number of amides is 1. The van der Waals surface area contributed by atoms with Gasteiger partial charge in [0.25, 0.3) is 5.91 Å². The van der Waals surface area contributed by atoms with Gasteiger partial charge in [-0.15, -0.1) is 0 Å². The van der Waals surface area contributed by atoms with Gasteiger partial charge in [0.05, 0.1) is 0 Å². The summed E-state index contributed by atoms with van der Waals surface area (Å²) in [5.41, 5.74) is 2.20. The number of piperidine rings is 1. The van der Waals surface area contributed by atoms with E-state index >= 15 is 0 Å². The summed E-state index contributed by atoms with van der Waals surface area (Å²) in [5.74, 6) is 0.191. The van der Waals surface area contributed by atoms with Gasteiger partial charge in [-0.05, 0) is 67.1 Å². The molecule has 2 aliphatic heterocycles. The van der Waals surface area contributed by atoms with Gasteiger partial charge in [-0.25, -0.2) is 0 Å². The third-order valence-electron chi connectivity index (χ3n) is 5.24. The Morgan fingerprint density at radius 2 is 1.91 bits per heavy atom. The molecule has 2 saturated heterocycles. The Morgan fingerprint density at radius 1 is 1.04 bits per heavy atom. The minimum atomic E-state index is 0.191. The van der Waals surface area contributed by atoms with Crippen LogP contribution in [0, 0.1) is 0 Å². The molecule has 1 unspecified atom stereocenters. The van der Waals surface area contributed by atoms with Crippen molar-refractivity contribution in [2.45, 2.75) is 38.1 Å². The van der Waals surface area contributed by atoms with E-state index in [1.54, 1.807) is 0 Å². The molecule has 2 aliphatic rings. The van der Waals surface area contributed by atoms with Crippen LogP contribution in [-0.2, 0) is 0 Å². The highest BCUT2D eigenvalue weighted by Crippen LogP contribution is 2.30. The van der Waals surface area contributed by atoms with Crippen molar-refractivity contribution in [2.24, 2.45) is 0 Å². The van der Waals surface area contributed by atoms with E-state index in [-0.39, 0.29) is 5.91 Å². The molecule has 0 aliphatic carbocycles. The second-order valence-corrected chi connectivity index (χ2v) is 6.78. The molecule has 1 N–H and O–H groups in total. The fourth-order valence-corrected chi connectivity index (χ4v) is 3.98. The molecular weight excluding hydrogens is 284 g/mol. The molecule has 3 heteroatoms. The van der Waals surface area contributed by atoms with Crippen molar-refractivity contribution < 1.29 is 4.79 Å². The van der Waals surface area contributed by atoms with Crippen LogP contribution in [0.1, 0.15) is 54.1 Å². The largest absolute Gasteiger partial charge is 0.339 e. The summed E-state index contributed by atoms with van der Waals surface area (Å²) in [6.07, 6.45) is 5.97. The van der Waals surface area contributed by atoms with E-state index < -0.39 is 0 Å². The van der Waals surface area contributed by atoms with Crippen LogP contribution in [0.5, 0.6) is 0 Å². The molecule has 2 aromatic rings. The molecule has 23 heavy (non-hydrogen) atoms. The van der Waals surface area contributed by atoms with Crippen molar-refractivity contribution in [1.82, 2.24) is 10.2 Å². The Kier molecular flexibility index (Phi) is 4.04. The van der Waals surface area contributed by atoms with Gasteiger partial charge in [0.1, 0.15) is 0 Å². The second-order valence-electron chi connectivity index (χ2n) is 6.78. The molecule has 0 saturated carbocycles. The number of fused-ring (bicyclic) bond motifs is 1. The quantitative estimate of drug-likeness (QED) is 0.913. The molecule has 4 rings (SSSR count). The van der Waals surface area contributed by atoms with Gasteiger partial charge in [0.15, 0.2) is 0 Å². The Balaban J connectivity index is 1.66. The van der Waals surface area contributed by atoms with Crippen LogP contribution in [0.2, 0.25) is 0 Å². The first-order valence-corrected chi connectivity index (χ1v) is 8.88. The molecular formula is C20H24N2O. The molecule has 3 nitrogen and oxygen atoms in total. The molecule has 2 aromatic carbocycles. The van der Waals surface area contributed by atoms with Crippen LogP contribution in [-0.4, -0.2) is 30.4 Å². The first-order valence-electron chi connectivity index (χ1n) is 8.88. The first kappa shape index (κ1) is 14.7. The SMILES string of the molecule is O=C(c1ccc2c(C3CCCN3)cccc2c1)N1CCCCC1. The minimum absolute atomic E-state index is 0.191. The van der Waals surface area contributed by atoms with Gasteiger partial charge in [-0.3, -0.25) is 4.79 Å². The Bertz CT molecular complexity index is 713. The summed E-state index contributed by atoms with van der Waals surface area (Å²) < 4.78 is 0. The number of hydrogen-bond donors (Lipinski definition) is 1. The van der Waals surface area contributed by atoms with Crippen LogP contribution >= 0.6 is 0 Å². The van der Waals surface area contributed by atoms with E-state index in [4.69, 9.17) is 0 Å². The van der Waals surface area contributed by atoms with Crippen molar-refractivity contribution in [3.05, 3.63) is 47.5 Å². The van der Waals surface area contributed by atoms with E-state index in [9.17, 15) is 4.79 Å². The summed E-state index contributed by atoms with van der Waals surface area (Å²) in [5, 5.41) is 6.04. The van der Waals surface area contributed by atoms with Gasteiger partial charge in [-0.1, -0.05) is 24.3 Å². The number of hydrogen-bond acceptors (Lipinski definition) is 2. The molecule has 0 spiro atoms. The summed E-state index contributed by atoms with van der Waals surface area (Å²) in [4.78, 5) is 14.7. The lowest BCUT2D eigenvalue weighted by molar-refractivity contribution is 0.0724. The van der Waals surface area contributed by atoms with E-state index in [0.29, 0.717) is 6.04 Å². The number of carbonyl (C=O) groups is 1. The van der Waals surface area contributed by atoms with Gasteiger partial charge >= 0.3 is 0 Å². The van der Waals surface area contributed by atoms with Crippen LogP contribution in [0.4, 0.5) is 0 Å². The maximum Gasteiger partial charge on any atom is 0.253 e. The lowest BCUT2D eigenvalue weighted by Gasteiger charge is -2.27. The normalized spacial score (nSPS) is 21.7. The van der Waals surface area contributed by atoms with Crippen molar-refractivity contribution in [1.29, 1.82) is 0 Å². The smallest absolute Gasteiger partial charge is 0.253 e. The zero-order chi connectivity index (χ0) is 15.6. The topological polar surface area (TPSA) is 32.3 Å². The molecule has 2 fully saturated rings. The molecule has 0 aromatic heterocycles. The molecule has 0 bridgehead atoms. The van der Waals surface area contributed by atoms with Crippen molar-refractivity contribution in [2.75, 3.05) is 19.6 Å². The average Bonchev–Trinajstić information content (AvgIpc) is 3.15. The highest BCUT2D eigenvalue weighted by molar-refractivity contribution is 5.99. The van der Waals surface area contributed by atoms with Gasteiger partial charge in [0.2, 0.25) is 0 Å². The van der Waals surface area contributed by atoms with Crippen molar-refractivity contribution in [3.63, 3.8) is 0 Å². The first-order chi connectivity index (χ1) is 11.3. The number of nitrogens with zero attached hydrogens (tertiary/aromatic N) is 1. The summed E-state index contributed by atoms with van der Waals surface area (Å²) >= 11 is 0. The Labute approximate surface area is 137 Å². The summed E-state index contributed by atoms with van der Waals surface area (Å²) in [6, 6.07) is 13.2. The third-order valence-corrected chi connectivity index (χ3v) is 5.24. The average molecular weight is 308 g/mol. The van der Waals surface area contributed by atoms with Crippen molar-refractivity contribution in [3.8, 4) is 0 Å². The lowest BCUT2D eigenvalue weighted by Crippen LogP contribution is -2.35. The zero-order valence-corrected chi connectivity index (χ0v) is 13.6. The van der Waals surface area contributed by atoms with E-state index in [1.807, 2.05) is 11.0 Å². The maximum absolute atomic E-state index is 12.7. The molecule has 0 radical (unpaired) electrons. The lowest BCUT2D eigenvalue weighted by atomic mass is 9.96. The number of benzene rings is 2. The molecule has 1 amide bonds. The summed E-state index contributed by atoms with van der Waals surface area (Å²) in [6.45, 7) is 2.92. The summed E-state index contributed by atoms with van der Waals surface area (Å²) in [7, 11) is 0. The van der Waals surface area contributed by atoms with Crippen LogP contribution < -0.4 is 5.32 Å². The van der Waals surface area contributed by atoms with Gasteiger partial charge in [-0.2, -0.15) is 0 Å². The Morgan fingerprint density at radius 3 is 2.70 bits per heavy atom. The molecule has 120 valence electrons. The van der Waals surface area contributed by atoms with Crippen LogP contribution in [0.3, 0.4) is 0 Å². The van der Waals surface area contributed by atoms with E-state index in [1.165, 1.54) is 35.6 Å². The second kappa shape index (κ2) is 6.32. The highest BCUT2D eigenvalue weighted by atomic mass is 16.2. The van der Waals surface area contributed by atoms with Crippen LogP contribution in [0.15, 0.2) is 36.4 Å². The fraction of sp³-hybridized carbons (Fsp3) is 0.450. The maximum atomic E-state index is 12.7. The Hall–Kier alpha value is -1.87. The van der Waals surface area contributed by atoms with Gasteiger partial charge < -0.3 is 10.2 Å². The number of rotatable bonds is 2. The standard InChI is InChI=1S/C20H24N2O/c23-20(22-12-2-1-3-13-22)16-9-10-17-15(14-16)6-4-7-18(17)19-8-5-11-21-19/h4,6-7,9-10,14,19,21H,1-3,5,8,11-13H2. The predicted octanol–water partition coefficient (Wildman–Crippen LogP) is 3.89. The number of nitrogens with one attached hydrogen (secondary N) is 1. The number of likely N-dealkylation sites (tertiary alicyclic amines) is 1. The highest BCUT2D eigenvalue weighted by Gasteiger charge is 2.20. The van der Waals surface area contributed by atoms with Gasteiger partial charge in [0, 0.05) is 24.7 Å². The fourth-order valence-electron chi connectivity index (χ4n) is 3.98. The van der Waals surface area contributed by atoms with Crippen LogP contribution in [0.25, 0.3) is 10.8 Å². The predicted molar refractivity (Wildman–Crippen MR) is 93.7 cm³/mol. The molecule has 2 heterocycles.